The third-order valence-corrected chi connectivity index (χ3v) is 3.43. The van der Waals surface area contributed by atoms with Crippen LogP contribution in [0, 0.1) is 5.92 Å². The minimum absolute atomic E-state index is 0.0584. The summed E-state index contributed by atoms with van der Waals surface area (Å²) in [6, 6.07) is 0. The van der Waals surface area contributed by atoms with Gasteiger partial charge in [-0.05, 0) is 18.8 Å². The zero-order valence-corrected chi connectivity index (χ0v) is 12.0. The molecule has 5 heteroatoms. The summed E-state index contributed by atoms with van der Waals surface area (Å²) >= 11 is 0. The van der Waals surface area contributed by atoms with Crippen LogP contribution in [-0.4, -0.2) is 46.4 Å². The number of hydrogen-bond donors (Lipinski definition) is 0. The molecule has 0 N–H and O–H groups in total. The monoisotopic (exact) mass is 265 g/mol. The maximum Gasteiger partial charge on any atom is 0.257 e. The van der Waals surface area contributed by atoms with Crippen molar-refractivity contribution in [3.05, 3.63) is 18.0 Å². The van der Waals surface area contributed by atoms with Crippen LogP contribution in [0.25, 0.3) is 0 Å². The molecule has 1 aromatic heterocycles. The quantitative estimate of drug-likeness (QED) is 0.814. The van der Waals surface area contributed by atoms with Crippen LogP contribution in [0.5, 0.6) is 0 Å². The van der Waals surface area contributed by atoms with E-state index in [1.165, 1.54) is 0 Å². The predicted molar refractivity (Wildman–Crippen MR) is 72.9 cm³/mol. The minimum atomic E-state index is 0.0584. The zero-order valence-electron chi connectivity index (χ0n) is 12.0. The topological polar surface area (TPSA) is 47.4 Å². The van der Waals surface area contributed by atoms with Gasteiger partial charge >= 0.3 is 0 Å². The molecular formula is C14H23N3O2. The molecule has 0 bridgehead atoms. The Kier molecular flexibility index (Phi) is 4.58. The van der Waals surface area contributed by atoms with Gasteiger partial charge < -0.3 is 9.64 Å². The number of rotatable bonds is 5. The smallest absolute Gasteiger partial charge is 0.257 e. The Labute approximate surface area is 114 Å². The Morgan fingerprint density at radius 1 is 1.58 bits per heavy atom. The van der Waals surface area contributed by atoms with E-state index < -0.39 is 0 Å². The largest absolute Gasteiger partial charge is 0.376 e. The van der Waals surface area contributed by atoms with Crippen molar-refractivity contribution in [3.8, 4) is 0 Å². The van der Waals surface area contributed by atoms with Crippen LogP contribution in [0.4, 0.5) is 0 Å². The number of nitrogens with zero attached hydrogens (tertiary/aromatic N) is 3. The molecule has 1 amide bonds. The normalized spacial score (nSPS) is 19.4. The Morgan fingerprint density at radius 2 is 2.37 bits per heavy atom. The Balaban J connectivity index is 1.80. The highest BCUT2D eigenvalue weighted by atomic mass is 16.5. The van der Waals surface area contributed by atoms with Gasteiger partial charge in [-0.3, -0.25) is 9.48 Å². The molecule has 0 radical (unpaired) electrons. The van der Waals surface area contributed by atoms with E-state index in [-0.39, 0.29) is 12.0 Å². The number of hydrogen-bond acceptors (Lipinski definition) is 3. The number of carbonyl (C=O) groups excluding carboxylic acids is 1. The molecule has 1 atom stereocenters. The molecule has 1 aromatic rings. The van der Waals surface area contributed by atoms with Gasteiger partial charge in [-0.2, -0.15) is 5.10 Å². The summed E-state index contributed by atoms with van der Waals surface area (Å²) < 4.78 is 7.47. The number of likely N-dealkylation sites (tertiary alicyclic amines) is 1. The lowest BCUT2D eigenvalue weighted by molar-refractivity contribution is 0.0484. The average Bonchev–Trinajstić information content (AvgIpc) is 2.97. The third kappa shape index (κ3) is 3.80. The summed E-state index contributed by atoms with van der Waals surface area (Å²) in [7, 11) is 1.82. The van der Waals surface area contributed by atoms with E-state index in [1.807, 2.05) is 11.9 Å². The first-order valence-corrected chi connectivity index (χ1v) is 6.95. The Morgan fingerprint density at radius 3 is 3.00 bits per heavy atom. The zero-order chi connectivity index (χ0) is 13.8. The second-order valence-corrected chi connectivity index (χ2v) is 5.62. The fraction of sp³-hybridized carbons (Fsp3) is 0.714. The number of aromatic nitrogens is 2. The summed E-state index contributed by atoms with van der Waals surface area (Å²) in [5.74, 6) is 0.720. The SMILES string of the molecule is CC(C)CCOC1CCN(C(=O)c2cnn(C)c2)C1. The van der Waals surface area contributed by atoms with Gasteiger partial charge in [0.1, 0.15) is 0 Å². The number of ether oxygens (including phenoxy) is 1. The number of carbonyl (C=O) groups is 1. The molecule has 5 nitrogen and oxygen atoms in total. The highest BCUT2D eigenvalue weighted by molar-refractivity contribution is 5.93. The van der Waals surface area contributed by atoms with E-state index in [9.17, 15) is 4.79 Å². The van der Waals surface area contributed by atoms with Gasteiger partial charge in [0.25, 0.3) is 5.91 Å². The fourth-order valence-corrected chi connectivity index (χ4v) is 2.23. The second kappa shape index (κ2) is 6.19. The van der Waals surface area contributed by atoms with E-state index in [0.29, 0.717) is 18.0 Å². The van der Waals surface area contributed by atoms with Crippen LogP contribution < -0.4 is 0 Å². The predicted octanol–water partition coefficient (Wildman–Crippen LogP) is 1.70. The van der Waals surface area contributed by atoms with E-state index in [2.05, 4.69) is 18.9 Å². The lowest BCUT2D eigenvalue weighted by Crippen LogP contribution is -2.30. The van der Waals surface area contributed by atoms with Gasteiger partial charge in [0.15, 0.2) is 0 Å². The maximum absolute atomic E-state index is 12.2. The lowest BCUT2D eigenvalue weighted by Gasteiger charge is -2.16. The molecule has 1 unspecified atom stereocenters. The molecule has 1 aliphatic rings. The summed E-state index contributed by atoms with van der Waals surface area (Å²) in [6.07, 6.45) is 5.58. The van der Waals surface area contributed by atoms with Crippen LogP contribution in [0.1, 0.15) is 37.0 Å². The van der Waals surface area contributed by atoms with Crippen LogP contribution in [0.3, 0.4) is 0 Å². The van der Waals surface area contributed by atoms with Crippen molar-refractivity contribution < 1.29 is 9.53 Å². The van der Waals surface area contributed by atoms with E-state index in [1.54, 1.807) is 17.1 Å². The van der Waals surface area contributed by atoms with Crippen molar-refractivity contribution in [2.45, 2.75) is 32.8 Å². The molecule has 106 valence electrons. The van der Waals surface area contributed by atoms with Crippen molar-refractivity contribution in [2.24, 2.45) is 13.0 Å². The molecule has 2 rings (SSSR count). The van der Waals surface area contributed by atoms with Crippen molar-refractivity contribution >= 4 is 5.91 Å². The molecule has 19 heavy (non-hydrogen) atoms. The highest BCUT2D eigenvalue weighted by Crippen LogP contribution is 2.16. The highest BCUT2D eigenvalue weighted by Gasteiger charge is 2.27. The molecule has 1 saturated heterocycles. The van der Waals surface area contributed by atoms with Gasteiger partial charge in [-0.1, -0.05) is 13.8 Å². The lowest BCUT2D eigenvalue weighted by atomic mass is 10.1. The number of aryl methyl sites for hydroxylation is 1. The van der Waals surface area contributed by atoms with Crippen molar-refractivity contribution in [3.63, 3.8) is 0 Å². The maximum atomic E-state index is 12.2. The Hall–Kier alpha value is -1.36. The van der Waals surface area contributed by atoms with Crippen LogP contribution >= 0.6 is 0 Å². The summed E-state index contributed by atoms with van der Waals surface area (Å²) in [6.45, 7) is 6.65. The first-order chi connectivity index (χ1) is 9.06. The van der Waals surface area contributed by atoms with Crippen LogP contribution in [0.15, 0.2) is 12.4 Å². The van der Waals surface area contributed by atoms with Crippen molar-refractivity contribution in [1.82, 2.24) is 14.7 Å². The molecule has 2 heterocycles. The second-order valence-electron chi connectivity index (χ2n) is 5.62. The minimum Gasteiger partial charge on any atom is -0.376 e. The standard InChI is InChI=1S/C14H23N3O2/c1-11(2)5-7-19-13-4-6-17(10-13)14(18)12-8-15-16(3)9-12/h8-9,11,13H,4-7,10H2,1-3H3. The summed E-state index contributed by atoms with van der Waals surface area (Å²) in [5, 5.41) is 4.04. The molecule has 1 fully saturated rings. The van der Waals surface area contributed by atoms with E-state index >= 15 is 0 Å². The molecule has 0 spiro atoms. The molecule has 0 aliphatic carbocycles. The van der Waals surface area contributed by atoms with Crippen molar-refractivity contribution in [2.75, 3.05) is 19.7 Å². The van der Waals surface area contributed by atoms with Gasteiger partial charge in [0.05, 0.1) is 17.9 Å². The van der Waals surface area contributed by atoms with Gasteiger partial charge in [0.2, 0.25) is 0 Å². The van der Waals surface area contributed by atoms with Gasteiger partial charge in [-0.15, -0.1) is 0 Å². The van der Waals surface area contributed by atoms with E-state index in [0.717, 1.165) is 26.0 Å². The first kappa shape index (κ1) is 14.1. The summed E-state index contributed by atoms with van der Waals surface area (Å²) in [5.41, 5.74) is 0.658. The van der Waals surface area contributed by atoms with E-state index in [4.69, 9.17) is 4.74 Å². The van der Waals surface area contributed by atoms with Crippen LogP contribution in [-0.2, 0) is 11.8 Å². The van der Waals surface area contributed by atoms with Gasteiger partial charge in [-0.25, -0.2) is 0 Å². The fourth-order valence-electron chi connectivity index (χ4n) is 2.23. The summed E-state index contributed by atoms with van der Waals surface area (Å²) in [4.78, 5) is 14.1. The van der Waals surface area contributed by atoms with Gasteiger partial charge in [0, 0.05) is 32.9 Å². The van der Waals surface area contributed by atoms with Crippen LogP contribution in [0.2, 0.25) is 0 Å². The third-order valence-electron chi connectivity index (χ3n) is 3.43. The molecule has 0 aromatic carbocycles. The number of amides is 1. The Bertz CT molecular complexity index is 428. The average molecular weight is 265 g/mol. The molecule has 0 saturated carbocycles. The molecular weight excluding hydrogens is 242 g/mol. The first-order valence-electron chi connectivity index (χ1n) is 6.95. The van der Waals surface area contributed by atoms with Crippen molar-refractivity contribution in [1.29, 1.82) is 0 Å². The molecule has 1 aliphatic heterocycles.